The first-order valence-electron chi connectivity index (χ1n) is 5.77. The van der Waals surface area contributed by atoms with E-state index in [-0.39, 0.29) is 6.04 Å². The molecule has 4 heteroatoms. The molecule has 0 aliphatic rings. The fraction of sp³-hybridized carbons (Fsp3) is 0.308. The third kappa shape index (κ3) is 3.07. The summed E-state index contributed by atoms with van der Waals surface area (Å²) in [5.41, 5.74) is 7.83. The summed E-state index contributed by atoms with van der Waals surface area (Å²) < 4.78 is 0. The van der Waals surface area contributed by atoms with Crippen LogP contribution in [0.15, 0.2) is 36.8 Å². The Bertz CT molecular complexity index is 470. The Labute approximate surface area is 101 Å². The average molecular weight is 228 g/mol. The van der Waals surface area contributed by atoms with Gasteiger partial charge in [-0.3, -0.25) is 4.98 Å². The van der Waals surface area contributed by atoms with Gasteiger partial charge in [0.15, 0.2) is 5.82 Å². The summed E-state index contributed by atoms with van der Waals surface area (Å²) in [6.07, 6.45) is 7.00. The molecule has 0 fully saturated rings. The van der Waals surface area contributed by atoms with Gasteiger partial charge in [0.2, 0.25) is 0 Å². The van der Waals surface area contributed by atoms with E-state index >= 15 is 0 Å². The molecule has 0 aromatic carbocycles. The highest BCUT2D eigenvalue weighted by atomic mass is 14.9. The van der Waals surface area contributed by atoms with Crippen LogP contribution in [0.5, 0.6) is 0 Å². The topological polar surface area (TPSA) is 64.7 Å². The number of hydrogen-bond acceptors (Lipinski definition) is 4. The number of aromatic nitrogens is 3. The summed E-state index contributed by atoms with van der Waals surface area (Å²) in [5.74, 6) is 0.707. The van der Waals surface area contributed by atoms with Crippen LogP contribution in [-0.4, -0.2) is 21.0 Å². The van der Waals surface area contributed by atoms with Crippen molar-refractivity contribution in [1.82, 2.24) is 15.0 Å². The molecule has 0 amide bonds. The van der Waals surface area contributed by atoms with Gasteiger partial charge in [-0.25, -0.2) is 9.97 Å². The molecule has 2 aromatic rings. The van der Waals surface area contributed by atoms with Crippen LogP contribution in [0.2, 0.25) is 0 Å². The fourth-order valence-corrected chi connectivity index (χ4v) is 1.56. The molecule has 2 aromatic heterocycles. The lowest BCUT2D eigenvalue weighted by atomic mass is 10.1. The molecular formula is C13H16N4. The van der Waals surface area contributed by atoms with Gasteiger partial charge in [-0.2, -0.15) is 0 Å². The van der Waals surface area contributed by atoms with Crippen LogP contribution in [0.4, 0.5) is 0 Å². The lowest BCUT2D eigenvalue weighted by Gasteiger charge is -2.08. The van der Waals surface area contributed by atoms with Gasteiger partial charge in [0.05, 0.1) is 0 Å². The predicted molar refractivity (Wildman–Crippen MR) is 67.2 cm³/mol. The largest absolute Gasteiger partial charge is 0.327 e. The third-order valence-electron chi connectivity index (χ3n) is 2.63. The first-order valence-corrected chi connectivity index (χ1v) is 5.77. The Balaban J connectivity index is 2.23. The predicted octanol–water partition coefficient (Wildman–Crippen LogP) is 1.82. The van der Waals surface area contributed by atoms with Crippen molar-refractivity contribution in [3.63, 3.8) is 0 Å². The summed E-state index contributed by atoms with van der Waals surface area (Å²) >= 11 is 0. The fourth-order valence-electron chi connectivity index (χ4n) is 1.56. The monoisotopic (exact) mass is 228 g/mol. The molecule has 0 saturated carbocycles. The van der Waals surface area contributed by atoms with Crippen molar-refractivity contribution in [3.05, 3.63) is 42.5 Å². The summed E-state index contributed by atoms with van der Waals surface area (Å²) in [5, 5.41) is 0. The minimum atomic E-state index is 0.159. The molecule has 88 valence electrons. The summed E-state index contributed by atoms with van der Waals surface area (Å²) in [6.45, 7) is 2.08. The highest BCUT2D eigenvalue weighted by Gasteiger charge is 2.05. The van der Waals surface area contributed by atoms with Crippen LogP contribution < -0.4 is 5.73 Å². The summed E-state index contributed by atoms with van der Waals surface area (Å²) in [6, 6.07) is 5.90. The van der Waals surface area contributed by atoms with E-state index in [1.165, 1.54) is 0 Å². The van der Waals surface area contributed by atoms with Gasteiger partial charge in [-0.15, -0.1) is 0 Å². The SMILES string of the molecule is CCC(N)Cc1ccnc(-c2cccnc2)n1. The quantitative estimate of drug-likeness (QED) is 0.866. The van der Waals surface area contributed by atoms with E-state index in [2.05, 4.69) is 21.9 Å². The van der Waals surface area contributed by atoms with Crippen LogP contribution in [0.1, 0.15) is 19.0 Å². The Morgan fingerprint density at radius 3 is 2.88 bits per heavy atom. The maximum absolute atomic E-state index is 5.92. The van der Waals surface area contributed by atoms with Crippen LogP contribution in [-0.2, 0) is 6.42 Å². The van der Waals surface area contributed by atoms with Crippen molar-refractivity contribution in [2.45, 2.75) is 25.8 Å². The van der Waals surface area contributed by atoms with Crippen molar-refractivity contribution in [2.75, 3.05) is 0 Å². The van der Waals surface area contributed by atoms with E-state index < -0.39 is 0 Å². The number of pyridine rings is 1. The Morgan fingerprint density at radius 1 is 1.29 bits per heavy atom. The highest BCUT2D eigenvalue weighted by Crippen LogP contribution is 2.13. The second-order valence-corrected chi connectivity index (χ2v) is 3.99. The van der Waals surface area contributed by atoms with E-state index in [4.69, 9.17) is 5.73 Å². The van der Waals surface area contributed by atoms with E-state index in [0.29, 0.717) is 5.82 Å². The van der Waals surface area contributed by atoms with Crippen LogP contribution in [0.3, 0.4) is 0 Å². The van der Waals surface area contributed by atoms with E-state index in [0.717, 1.165) is 24.1 Å². The van der Waals surface area contributed by atoms with Crippen molar-refractivity contribution in [1.29, 1.82) is 0 Å². The van der Waals surface area contributed by atoms with Gasteiger partial charge < -0.3 is 5.73 Å². The molecule has 2 N–H and O–H groups in total. The average Bonchev–Trinajstić information content (AvgIpc) is 2.40. The Kier molecular flexibility index (Phi) is 3.77. The molecular weight excluding hydrogens is 212 g/mol. The summed E-state index contributed by atoms with van der Waals surface area (Å²) in [7, 11) is 0. The molecule has 1 unspecified atom stereocenters. The van der Waals surface area contributed by atoms with Crippen molar-refractivity contribution in [3.8, 4) is 11.4 Å². The maximum Gasteiger partial charge on any atom is 0.160 e. The molecule has 0 radical (unpaired) electrons. The lowest BCUT2D eigenvalue weighted by molar-refractivity contribution is 0.636. The van der Waals surface area contributed by atoms with Crippen LogP contribution in [0.25, 0.3) is 11.4 Å². The number of hydrogen-bond donors (Lipinski definition) is 1. The van der Waals surface area contributed by atoms with Gasteiger partial charge in [0.25, 0.3) is 0 Å². The third-order valence-corrected chi connectivity index (χ3v) is 2.63. The standard InChI is InChI=1S/C13H16N4/c1-2-11(14)8-12-5-7-16-13(17-12)10-4-3-6-15-9-10/h3-7,9,11H,2,8,14H2,1H3. The first-order chi connectivity index (χ1) is 8.29. The normalized spacial score (nSPS) is 12.4. The van der Waals surface area contributed by atoms with E-state index in [1.807, 2.05) is 18.2 Å². The zero-order valence-corrected chi connectivity index (χ0v) is 9.87. The Hall–Kier alpha value is -1.81. The molecule has 0 aliphatic heterocycles. The maximum atomic E-state index is 5.92. The second-order valence-electron chi connectivity index (χ2n) is 3.99. The molecule has 2 rings (SSSR count). The van der Waals surface area contributed by atoms with Gasteiger partial charge in [-0.1, -0.05) is 6.92 Å². The van der Waals surface area contributed by atoms with E-state index in [9.17, 15) is 0 Å². The first kappa shape index (κ1) is 11.7. The van der Waals surface area contributed by atoms with Crippen molar-refractivity contribution in [2.24, 2.45) is 5.73 Å². The smallest absolute Gasteiger partial charge is 0.160 e. The van der Waals surface area contributed by atoms with E-state index in [1.54, 1.807) is 18.6 Å². The summed E-state index contributed by atoms with van der Waals surface area (Å²) in [4.78, 5) is 12.8. The second kappa shape index (κ2) is 5.50. The molecule has 17 heavy (non-hydrogen) atoms. The molecule has 4 nitrogen and oxygen atoms in total. The molecule has 2 heterocycles. The lowest BCUT2D eigenvalue weighted by Crippen LogP contribution is -2.22. The van der Waals surface area contributed by atoms with Gasteiger partial charge >= 0.3 is 0 Å². The van der Waals surface area contributed by atoms with Crippen LogP contribution in [0, 0.1) is 0 Å². The minimum Gasteiger partial charge on any atom is -0.327 e. The van der Waals surface area contributed by atoms with Gasteiger partial charge in [0.1, 0.15) is 0 Å². The molecule has 0 bridgehead atoms. The minimum absolute atomic E-state index is 0.159. The number of rotatable bonds is 4. The molecule has 0 saturated heterocycles. The zero-order valence-electron chi connectivity index (χ0n) is 9.87. The molecule has 0 aliphatic carbocycles. The van der Waals surface area contributed by atoms with Crippen LogP contribution >= 0.6 is 0 Å². The Morgan fingerprint density at radius 2 is 2.18 bits per heavy atom. The molecule has 1 atom stereocenters. The van der Waals surface area contributed by atoms with Gasteiger partial charge in [-0.05, 0) is 24.6 Å². The van der Waals surface area contributed by atoms with Crippen molar-refractivity contribution >= 4 is 0 Å². The zero-order chi connectivity index (χ0) is 12.1. The van der Waals surface area contributed by atoms with Crippen molar-refractivity contribution < 1.29 is 0 Å². The van der Waals surface area contributed by atoms with Gasteiger partial charge in [0, 0.05) is 42.3 Å². The number of nitrogens with two attached hydrogens (primary N) is 1. The molecule has 0 spiro atoms. The highest BCUT2D eigenvalue weighted by molar-refractivity contribution is 5.52. The number of nitrogens with zero attached hydrogens (tertiary/aromatic N) is 3.